The van der Waals surface area contributed by atoms with Crippen LogP contribution < -0.4 is 0 Å². The lowest BCUT2D eigenvalue weighted by atomic mass is 10.1. The van der Waals surface area contributed by atoms with E-state index < -0.39 is 24.5 Å². The van der Waals surface area contributed by atoms with Gasteiger partial charge in [0.2, 0.25) is 0 Å². The number of carboxylic acids is 1. The number of nitro benzene ring substituents is 3. The maximum absolute atomic E-state index is 11.4. The van der Waals surface area contributed by atoms with Crippen molar-refractivity contribution in [2.75, 3.05) is 5.33 Å². The Balaban J connectivity index is -0.000000550. The molecule has 250 valence electrons. The van der Waals surface area contributed by atoms with Gasteiger partial charge in [-0.25, -0.2) is 0 Å². The van der Waals surface area contributed by atoms with E-state index in [4.69, 9.17) is 9.90 Å². The van der Waals surface area contributed by atoms with Gasteiger partial charge in [-0.3, -0.25) is 49.5 Å². The minimum atomic E-state index is -0.833. The van der Waals surface area contributed by atoms with Crippen LogP contribution >= 0.6 is 76.0 Å². The van der Waals surface area contributed by atoms with Crippen LogP contribution in [0.15, 0.2) is 72.8 Å². The molecule has 0 aliphatic heterocycles. The molecule has 3 rings (SSSR count). The Hall–Kier alpha value is -3.26. The van der Waals surface area contributed by atoms with Gasteiger partial charge in [0, 0.05) is 88.3 Å². The van der Waals surface area contributed by atoms with Crippen molar-refractivity contribution in [3.8, 4) is 0 Å². The summed E-state index contributed by atoms with van der Waals surface area (Å²) in [7, 11) is 0. The van der Waals surface area contributed by atoms with E-state index in [0.29, 0.717) is 16.7 Å². The molecule has 0 amide bonds. The first kappa shape index (κ1) is 47.2. The number of carboxylic acid groups (broad SMARTS) is 1. The fourth-order valence-corrected chi connectivity index (χ4v) is 3.46. The zero-order valence-electron chi connectivity index (χ0n) is 23.0. The Bertz CT molecular complexity index is 1470. The summed E-state index contributed by atoms with van der Waals surface area (Å²) in [5, 5.41) is 38.6. The number of aliphatic carboxylic acids is 1. The summed E-state index contributed by atoms with van der Waals surface area (Å²) in [5.74, 6) is -1.41. The Morgan fingerprint density at radius 3 is 1.30 bits per heavy atom. The van der Waals surface area contributed by atoms with E-state index in [1.54, 1.807) is 12.1 Å². The van der Waals surface area contributed by atoms with E-state index in [-0.39, 0.29) is 47.2 Å². The Kier molecular flexibility index (Phi) is 26.5. The van der Waals surface area contributed by atoms with Crippen LogP contribution in [-0.2, 0) is 4.79 Å². The smallest absolute Gasteiger partial charge is 0.300 e. The molecule has 0 aromatic heterocycles. The van der Waals surface area contributed by atoms with Crippen LogP contribution in [0.1, 0.15) is 52.3 Å². The zero-order chi connectivity index (χ0) is 35.3. The third-order valence-electron chi connectivity index (χ3n) is 4.50. The molecule has 46 heavy (non-hydrogen) atoms. The van der Waals surface area contributed by atoms with Gasteiger partial charge >= 0.3 is 0 Å². The highest BCUT2D eigenvalue weighted by Gasteiger charge is 2.16. The van der Waals surface area contributed by atoms with Crippen LogP contribution in [0.3, 0.4) is 0 Å². The fourth-order valence-electron chi connectivity index (χ4n) is 2.61. The number of hydrogen-bond acceptors (Lipinski definition) is 10. The van der Waals surface area contributed by atoms with E-state index in [9.17, 15) is 44.7 Å². The molecular formula is C27H26Br5N3O11. The average Bonchev–Trinajstić information content (AvgIpc) is 3.01. The molecule has 0 saturated heterocycles. The first-order valence-corrected chi connectivity index (χ1v) is 18.2. The molecule has 14 nitrogen and oxygen atoms in total. The summed E-state index contributed by atoms with van der Waals surface area (Å²) >= 11 is 14.6. The largest absolute Gasteiger partial charge is 0.481 e. The fraction of sp³-hybridized carbons (Fsp3) is 0.185. The Labute approximate surface area is 303 Å². The van der Waals surface area contributed by atoms with Crippen molar-refractivity contribution in [1.29, 1.82) is 0 Å². The quantitative estimate of drug-likeness (QED) is 0.0971. The molecule has 0 saturated carbocycles. The van der Waals surface area contributed by atoms with E-state index in [0.717, 1.165) is 6.92 Å². The van der Waals surface area contributed by atoms with Crippen LogP contribution in [-0.4, -0.2) is 52.3 Å². The number of hydrogen-bond donors (Lipinski definition) is 1. The number of Topliss-reactive ketones (excluding diaryl/α,β-unsaturated/α-hetero) is 3. The zero-order valence-corrected chi connectivity index (χ0v) is 30.9. The van der Waals surface area contributed by atoms with Gasteiger partial charge in [-0.1, -0.05) is 91.6 Å². The number of rotatable bonds is 8. The second kappa shape index (κ2) is 25.9. The number of carbonyl (C=O) groups excluding carboxylic acids is 3. The standard InChI is InChI=1S/C8H5Br2NO3.C8H6BrNO3.C8H7NO3.C2H4O2.CH4.Br2/c9-8(10)7(12)5-2-1-3-6(4-5)11(13)14;9-5-8(11)6-2-1-3-7(4-6)10(12)13;1-6(10)7-3-2-4-8(5-7)9(11)12;1-2(3)4;;1-2/h1-4,8H;1-4H,5H2;2-5H,1H3;1H3,(H,3,4);1H4;. The van der Waals surface area contributed by atoms with Crippen molar-refractivity contribution in [3.63, 3.8) is 0 Å². The average molecular weight is 968 g/mol. The van der Waals surface area contributed by atoms with Gasteiger partial charge < -0.3 is 5.11 Å². The molecule has 0 aliphatic carbocycles. The number of halogens is 5. The molecule has 0 atom stereocenters. The lowest BCUT2D eigenvalue weighted by Crippen LogP contribution is -2.07. The molecular weight excluding hydrogens is 942 g/mol. The summed E-state index contributed by atoms with van der Waals surface area (Å²) < 4.78 is -0.517. The van der Waals surface area contributed by atoms with Crippen molar-refractivity contribution < 1.29 is 39.1 Å². The SMILES string of the molecule is BrBr.C.CC(=O)O.CC(=O)c1cccc([N+](=O)[O-])c1.O=C(CBr)c1cccc([N+](=O)[O-])c1.O=C(c1cccc([N+](=O)[O-])c1)C(Br)Br. The van der Waals surface area contributed by atoms with E-state index in [1.165, 1.54) is 67.6 Å². The van der Waals surface area contributed by atoms with Crippen molar-refractivity contribution in [1.82, 2.24) is 0 Å². The van der Waals surface area contributed by atoms with Gasteiger partial charge in [-0.2, -0.15) is 0 Å². The molecule has 0 bridgehead atoms. The van der Waals surface area contributed by atoms with Crippen molar-refractivity contribution in [3.05, 3.63) is 120 Å². The third kappa shape index (κ3) is 20.0. The predicted molar refractivity (Wildman–Crippen MR) is 191 cm³/mol. The van der Waals surface area contributed by atoms with E-state index in [2.05, 4.69) is 76.0 Å². The minimum absolute atomic E-state index is 0. The molecule has 0 unspecified atom stereocenters. The maximum Gasteiger partial charge on any atom is 0.300 e. The summed E-state index contributed by atoms with van der Waals surface area (Å²) in [5.41, 5.74) is 0.819. The van der Waals surface area contributed by atoms with Gasteiger partial charge in [0.05, 0.1) is 20.1 Å². The lowest BCUT2D eigenvalue weighted by molar-refractivity contribution is -0.385. The van der Waals surface area contributed by atoms with Crippen molar-refractivity contribution in [2.24, 2.45) is 0 Å². The third-order valence-corrected chi connectivity index (χ3v) is 5.84. The molecule has 0 fully saturated rings. The molecule has 0 radical (unpaired) electrons. The molecule has 3 aromatic carbocycles. The van der Waals surface area contributed by atoms with E-state index in [1.807, 2.05) is 0 Å². The summed E-state index contributed by atoms with van der Waals surface area (Å²) in [6.45, 7) is 2.46. The second-order valence-corrected chi connectivity index (χ2v) is 11.3. The van der Waals surface area contributed by atoms with Crippen LogP contribution in [0.25, 0.3) is 0 Å². The van der Waals surface area contributed by atoms with Crippen molar-refractivity contribution in [2.45, 2.75) is 25.0 Å². The van der Waals surface area contributed by atoms with Crippen LogP contribution in [0, 0.1) is 30.3 Å². The monoisotopic (exact) mass is 963 g/mol. The molecule has 1 N–H and O–H groups in total. The molecule has 3 aromatic rings. The highest BCUT2D eigenvalue weighted by Crippen LogP contribution is 2.19. The number of non-ortho nitro benzene ring substituents is 3. The summed E-state index contributed by atoms with van der Waals surface area (Å²) in [6, 6.07) is 16.9. The minimum Gasteiger partial charge on any atom is -0.481 e. The highest BCUT2D eigenvalue weighted by atomic mass is 80.9. The summed E-state index contributed by atoms with van der Waals surface area (Å²) in [6.07, 6.45) is 0. The van der Waals surface area contributed by atoms with Crippen LogP contribution in [0.5, 0.6) is 0 Å². The highest BCUT2D eigenvalue weighted by molar-refractivity contribution is 9.93. The number of benzene rings is 3. The van der Waals surface area contributed by atoms with Gasteiger partial charge in [0.1, 0.15) is 3.74 Å². The summed E-state index contributed by atoms with van der Waals surface area (Å²) in [4.78, 5) is 71.8. The number of nitro groups is 3. The molecule has 0 heterocycles. The Morgan fingerprint density at radius 2 is 1.00 bits per heavy atom. The second-order valence-electron chi connectivity index (χ2n) is 7.72. The molecule has 19 heteroatoms. The number of carbonyl (C=O) groups is 4. The first-order chi connectivity index (χ1) is 21.0. The normalized spacial score (nSPS) is 8.96. The van der Waals surface area contributed by atoms with E-state index >= 15 is 0 Å². The lowest BCUT2D eigenvalue weighted by Gasteiger charge is -2.00. The topological polar surface area (TPSA) is 218 Å². The van der Waals surface area contributed by atoms with Crippen LogP contribution in [0.4, 0.5) is 17.1 Å². The number of ketones is 3. The van der Waals surface area contributed by atoms with Gasteiger partial charge in [-0.15, -0.1) is 0 Å². The van der Waals surface area contributed by atoms with Crippen molar-refractivity contribution >= 4 is 116 Å². The van der Waals surface area contributed by atoms with Gasteiger partial charge in [0.25, 0.3) is 23.0 Å². The number of alkyl halides is 3. The van der Waals surface area contributed by atoms with Gasteiger partial charge in [-0.05, 0) is 6.92 Å². The van der Waals surface area contributed by atoms with Gasteiger partial charge in [0.15, 0.2) is 17.3 Å². The predicted octanol–water partition coefficient (Wildman–Crippen LogP) is 9.28. The molecule has 0 aliphatic rings. The molecule has 0 spiro atoms. The maximum atomic E-state index is 11.4. The number of nitrogens with zero attached hydrogens (tertiary/aromatic N) is 3. The Morgan fingerprint density at radius 1 is 0.696 bits per heavy atom. The first-order valence-electron chi connectivity index (χ1n) is 11.5. The van der Waals surface area contributed by atoms with Crippen LogP contribution in [0.2, 0.25) is 0 Å².